The Labute approximate surface area is 123 Å². The maximum Gasteiger partial charge on any atom is 0.305 e. The Hall–Kier alpha value is -1.45. The molecule has 1 aliphatic heterocycles. The van der Waals surface area contributed by atoms with Gasteiger partial charge in [-0.05, 0) is 20.3 Å². The van der Waals surface area contributed by atoms with E-state index >= 15 is 0 Å². The predicted octanol–water partition coefficient (Wildman–Crippen LogP) is 0.204. The van der Waals surface area contributed by atoms with Crippen LogP contribution in [0.1, 0.15) is 26.7 Å². The number of aliphatic carboxylic acids is 1. The molecule has 1 aromatic heterocycles. The van der Waals surface area contributed by atoms with Crippen LogP contribution in [0.15, 0.2) is 17.3 Å². The van der Waals surface area contributed by atoms with Crippen molar-refractivity contribution in [3.05, 3.63) is 12.4 Å². The van der Waals surface area contributed by atoms with E-state index in [1.807, 2.05) is 6.92 Å². The molecule has 2 rings (SSSR count). The highest BCUT2D eigenvalue weighted by molar-refractivity contribution is 7.89. The minimum absolute atomic E-state index is 0.0215. The first-order chi connectivity index (χ1) is 9.73. The van der Waals surface area contributed by atoms with E-state index < -0.39 is 21.5 Å². The number of carboxylic acid groups (broad SMARTS) is 1. The first-order valence-corrected chi connectivity index (χ1v) is 8.11. The number of hydrogen-bond donors (Lipinski definition) is 2. The molecule has 2 unspecified atom stereocenters. The Morgan fingerprint density at radius 1 is 1.67 bits per heavy atom. The molecular formula is C12H19N3O5S. The fraction of sp³-hybridized carbons (Fsp3) is 0.667. The lowest BCUT2D eigenvalue weighted by molar-refractivity contribution is -0.137. The minimum Gasteiger partial charge on any atom is -0.481 e. The van der Waals surface area contributed by atoms with E-state index in [9.17, 15) is 13.2 Å². The molecule has 2 N–H and O–H groups in total. The molecule has 1 aromatic rings. The Balaban J connectivity index is 2.11. The van der Waals surface area contributed by atoms with Crippen molar-refractivity contribution in [2.24, 2.45) is 0 Å². The van der Waals surface area contributed by atoms with E-state index in [2.05, 4.69) is 9.82 Å². The van der Waals surface area contributed by atoms with Gasteiger partial charge in [0, 0.05) is 12.8 Å². The molecule has 2 heterocycles. The second-order valence-electron chi connectivity index (χ2n) is 5.37. The molecule has 1 saturated heterocycles. The highest BCUT2D eigenvalue weighted by Gasteiger charge is 2.40. The second kappa shape index (κ2) is 5.74. The topological polar surface area (TPSA) is 111 Å². The Morgan fingerprint density at radius 3 is 2.95 bits per heavy atom. The van der Waals surface area contributed by atoms with E-state index in [0.29, 0.717) is 13.0 Å². The van der Waals surface area contributed by atoms with Gasteiger partial charge in [0.1, 0.15) is 4.90 Å². The third-order valence-corrected chi connectivity index (χ3v) is 5.30. The number of hydrogen-bond acceptors (Lipinski definition) is 5. The summed E-state index contributed by atoms with van der Waals surface area (Å²) in [5, 5.41) is 12.5. The van der Waals surface area contributed by atoms with Gasteiger partial charge in [0.05, 0.1) is 30.8 Å². The quantitative estimate of drug-likeness (QED) is 0.775. The molecule has 21 heavy (non-hydrogen) atoms. The van der Waals surface area contributed by atoms with Crippen molar-refractivity contribution < 1.29 is 23.1 Å². The number of rotatable bonds is 6. The van der Waals surface area contributed by atoms with Crippen molar-refractivity contribution in [2.75, 3.05) is 6.61 Å². The molecule has 8 nitrogen and oxygen atoms in total. The molecule has 0 bridgehead atoms. The van der Waals surface area contributed by atoms with E-state index in [1.54, 1.807) is 6.92 Å². The van der Waals surface area contributed by atoms with Crippen molar-refractivity contribution >= 4 is 16.0 Å². The van der Waals surface area contributed by atoms with Gasteiger partial charge in [-0.3, -0.25) is 9.48 Å². The molecule has 118 valence electrons. The zero-order valence-electron chi connectivity index (χ0n) is 11.9. The van der Waals surface area contributed by atoms with Gasteiger partial charge < -0.3 is 9.84 Å². The largest absolute Gasteiger partial charge is 0.481 e. The number of carbonyl (C=O) groups is 1. The lowest BCUT2D eigenvalue weighted by Crippen LogP contribution is -2.50. The summed E-state index contributed by atoms with van der Waals surface area (Å²) < 4.78 is 34.1. The third-order valence-electron chi connectivity index (χ3n) is 3.73. The van der Waals surface area contributed by atoms with Gasteiger partial charge in [0.25, 0.3) is 0 Å². The maximum atomic E-state index is 12.4. The van der Waals surface area contributed by atoms with Gasteiger partial charge in [-0.1, -0.05) is 0 Å². The Kier molecular flexibility index (Phi) is 4.35. The minimum atomic E-state index is -3.71. The molecule has 2 atom stereocenters. The standard InChI is InChI=1S/C12H19N3O5S/c1-9-12(2,4-6-20-9)14-21(18,19)10-7-13-15(8-10)5-3-11(16)17/h7-9,14H,3-6H2,1-2H3,(H,16,17). The van der Waals surface area contributed by atoms with Crippen LogP contribution in [0.2, 0.25) is 0 Å². The van der Waals surface area contributed by atoms with Crippen LogP contribution in [0.5, 0.6) is 0 Å². The number of carboxylic acids is 1. The van der Waals surface area contributed by atoms with Crippen molar-refractivity contribution in [2.45, 2.75) is 49.8 Å². The molecule has 0 aromatic carbocycles. The van der Waals surface area contributed by atoms with Crippen LogP contribution in [0.3, 0.4) is 0 Å². The second-order valence-corrected chi connectivity index (χ2v) is 7.05. The first-order valence-electron chi connectivity index (χ1n) is 6.63. The van der Waals surface area contributed by atoms with Crippen LogP contribution in [0.25, 0.3) is 0 Å². The summed E-state index contributed by atoms with van der Waals surface area (Å²) >= 11 is 0. The van der Waals surface area contributed by atoms with E-state index in [1.165, 1.54) is 17.1 Å². The molecule has 0 radical (unpaired) electrons. The third kappa shape index (κ3) is 3.60. The Morgan fingerprint density at radius 2 is 2.38 bits per heavy atom. The van der Waals surface area contributed by atoms with Crippen LogP contribution >= 0.6 is 0 Å². The van der Waals surface area contributed by atoms with Gasteiger partial charge in [-0.2, -0.15) is 5.10 Å². The van der Waals surface area contributed by atoms with E-state index in [-0.39, 0.29) is 24.0 Å². The fourth-order valence-corrected chi connectivity index (χ4v) is 3.60. The predicted molar refractivity (Wildman–Crippen MR) is 73.2 cm³/mol. The summed E-state index contributed by atoms with van der Waals surface area (Å²) in [7, 11) is -3.71. The SMILES string of the molecule is CC1OCCC1(C)NS(=O)(=O)c1cnn(CCC(=O)O)c1. The summed E-state index contributed by atoms with van der Waals surface area (Å²) in [6.07, 6.45) is 2.82. The molecule has 0 spiro atoms. The maximum absolute atomic E-state index is 12.4. The lowest BCUT2D eigenvalue weighted by atomic mass is 9.97. The first kappa shape index (κ1) is 15.9. The number of nitrogens with one attached hydrogen (secondary N) is 1. The number of nitrogens with zero attached hydrogens (tertiary/aromatic N) is 2. The van der Waals surface area contributed by atoms with Crippen LogP contribution in [0.4, 0.5) is 0 Å². The van der Waals surface area contributed by atoms with Gasteiger partial charge in [0.15, 0.2) is 0 Å². The van der Waals surface area contributed by atoms with Gasteiger partial charge in [0.2, 0.25) is 10.0 Å². The molecule has 9 heteroatoms. The molecular weight excluding hydrogens is 298 g/mol. The van der Waals surface area contributed by atoms with Crippen molar-refractivity contribution in [3.8, 4) is 0 Å². The zero-order valence-corrected chi connectivity index (χ0v) is 12.8. The average molecular weight is 317 g/mol. The number of sulfonamides is 1. The zero-order chi connectivity index (χ0) is 15.7. The van der Waals surface area contributed by atoms with Crippen molar-refractivity contribution in [1.29, 1.82) is 0 Å². The van der Waals surface area contributed by atoms with Crippen LogP contribution in [0, 0.1) is 0 Å². The highest BCUT2D eigenvalue weighted by atomic mass is 32.2. The number of ether oxygens (including phenoxy) is 1. The number of aromatic nitrogens is 2. The summed E-state index contributed by atoms with van der Waals surface area (Å²) in [6, 6.07) is 0. The summed E-state index contributed by atoms with van der Waals surface area (Å²) in [6.45, 7) is 4.27. The number of aryl methyl sites for hydroxylation is 1. The monoisotopic (exact) mass is 317 g/mol. The van der Waals surface area contributed by atoms with Crippen molar-refractivity contribution in [1.82, 2.24) is 14.5 Å². The van der Waals surface area contributed by atoms with Crippen LogP contribution in [-0.2, 0) is 26.1 Å². The summed E-state index contributed by atoms with van der Waals surface area (Å²) in [4.78, 5) is 10.5. The van der Waals surface area contributed by atoms with Crippen LogP contribution < -0.4 is 4.72 Å². The molecule has 0 aliphatic carbocycles. The normalized spacial score (nSPS) is 26.1. The highest BCUT2D eigenvalue weighted by Crippen LogP contribution is 2.27. The Bertz CT molecular complexity index is 627. The fourth-order valence-electron chi connectivity index (χ4n) is 2.15. The van der Waals surface area contributed by atoms with E-state index in [4.69, 9.17) is 9.84 Å². The summed E-state index contributed by atoms with van der Waals surface area (Å²) in [5.74, 6) is -0.961. The molecule has 0 amide bonds. The van der Waals surface area contributed by atoms with Gasteiger partial charge >= 0.3 is 5.97 Å². The van der Waals surface area contributed by atoms with Crippen molar-refractivity contribution in [3.63, 3.8) is 0 Å². The molecule has 1 aliphatic rings. The van der Waals surface area contributed by atoms with E-state index in [0.717, 1.165) is 0 Å². The van der Waals surface area contributed by atoms with Crippen LogP contribution in [-0.4, -0.2) is 47.5 Å². The smallest absolute Gasteiger partial charge is 0.305 e. The molecule has 1 fully saturated rings. The average Bonchev–Trinajstić information content (AvgIpc) is 2.95. The molecule has 0 saturated carbocycles. The van der Waals surface area contributed by atoms with Gasteiger partial charge in [-0.25, -0.2) is 13.1 Å². The van der Waals surface area contributed by atoms with Gasteiger partial charge in [-0.15, -0.1) is 0 Å². The lowest BCUT2D eigenvalue weighted by Gasteiger charge is -2.28. The summed E-state index contributed by atoms with van der Waals surface area (Å²) in [5.41, 5.74) is -0.651.